The van der Waals surface area contributed by atoms with E-state index < -0.39 is 7.68 Å². The van der Waals surface area contributed by atoms with Gasteiger partial charge in [-0.2, -0.15) is 0 Å². The number of hydrogen-bond acceptors (Lipinski definition) is 2. The van der Waals surface area contributed by atoms with E-state index in [0.29, 0.717) is 5.92 Å². The van der Waals surface area contributed by atoms with Crippen molar-refractivity contribution in [3.8, 4) is 0 Å². The summed E-state index contributed by atoms with van der Waals surface area (Å²) in [4.78, 5) is 0. The molecule has 0 saturated carbocycles. The van der Waals surface area contributed by atoms with Gasteiger partial charge >= 0.3 is 7.68 Å². The van der Waals surface area contributed by atoms with Gasteiger partial charge in [-0.15, -0.1) is 0 Å². The second-order valence-electron chi connectivity index (χ2n) is 3.28. The summed E-state index contributed by atoms with van der Waals surface area (Å²) in [6, 6.07) is 0. The molecule has 0 N–H and O–H groups in total. The highest BCUT2D eigenvalue weighted by atomic mass is 31.1. The Bertz CT molecular complexity index is 183. The van der Waals surface area contributed by atoms with Crippen LogP contribution in [0.2, 0.25) is 0 Å². The largest absolute Gasteiger partial charge is 0.318 e. The van der Waals surface area contributed by atoms with Crippen molar-refractivity contribution < 1.29 is 9.13 Å². The summed E-state index contributed by atoms with van der Waals surface area (Å²) in [7, 11) is -1.48. The van der Waals surface area contributed by atoms with Crippen LogP contribution in [0.3, 0.4) is 0 Å². The Kier molecular flexibility index (Phi) is 4.26. The lowest BCUT2D eigenvalue weighted by Gasteiger charge is -2.25. The van der Waals surface area contributed by atoms with Crippen LogP contribution in [0.4, 0.5) is 0 Å². The molecular weight excluding hydrogens is 175 g/mol. The van der Waals surface area contributed by atoms with Gasteiger partial charge in [-0.05, 0) is 12.3 Å². The summed E-state index contributed by atoms with van der Waals surface area (Å²) in [6.45, 7) is 6.04. The molecule has 0 saturated heterocycles. The quantitative estimate of drug-likeness (QED) is 0.501. The molecule has 2 unspecified atom stereocenters. The average Bonchev–Trinajstić information content (AvgIpc) is 2.01. The Morgan fingerprint density at radius 1 is 1.45 bits per heavy atom. The van der Waals surface area contributed by atoms with E-state index in [2.05, 4.69) is 0 Å². The molecule has 0 amide bonds. The fourth-order valence-electron chi connectivity index (χ4n) is 1.10. The third-order valence-corrected chi connectivity index (χ3v) is 7.19. The molecule has 66 valence electrons. The van der Waals surface area contributed by atoms with Crippen LogP contribution in [-0.2, 0) is 9.13 Å². The van der Waals surface area contributed by atoms with E-state index in [1.807, 2.05) is 20.8 Å². The van der Waals surface area contributed by atoms with Gasteiger partial charge in [0.15, 0.2) is 0 Å². The highest BCUT2D eigenvalue weighted by Gasteiger charge is 2.33. The second-order valence-corrected chi connectivity index (χ2v) is 7.44. The third kappa shape index (κ3) is 2.27. The van der Waals surface area contributed by atoms with Crippen LogP contribution in [0.1, 0.15) is 33.6 Å². The van der Waals surface area contributed by atoms with Crippen LogP contribution >= 0.6 is 7.68 Å². The minimum atomic E-state index is -2.23. The summed E-state index contributed by atoms with van der Waals surface area (Å²) in [5.74, 6) is 0.320. The maximum atomic E-state index is 10.9. The zero-order valence-electron chi connectivity index (χ0n) is 7.76. The van der Waals surface area contributed by atoms with Crippen LogP contribution in [0.5, 0.6) is 0 Å². The van der Waals surface area contributed by atoms with E-state index in [-0.39, 0.29) is 4.78 Å². The summed E-state index contributed by atoms with van der Waals surface area (Å²) < 4.78 is 21.5. The van der Waals surface area contributed by atoms with E-state index in [4.69, 9.17) is 0 Å². The first-order valence-electron chi connectivity index (χ1n) is 4.13. The molecule has 2 nitrogen and oxygen atoms in total. The highest BCUT2D eigenvalue weighted by Crippen LogP contribution is 2.37. The Morgan fingerprint density at radius 2 is 1.91 bits per heavy atom. The van der Waals surface area contributed by atoms with E-state index in [0.717, 1.165) is 23.1 Å². The number of hydrogen-bond donors (Lipinski definition) is 0. The SMILES string of the molecule is CCC(C)C([SiH3])(CC)P(=O)=O. The van der Waals surface area contributed by atoms with Gasteiger partial charge in [0.05, 0.1) is 4.78 Å². The van der Waals surface area contributed by atoms with Gasteiger partial charge in [0.25, 0.3) is 0 Å². The summed E-state index contributed by atoms with van der Waals surface area (Å²) in [5, 5.41) is 0. The van der Waals surface area contributed by atoms with Crippen LogP contribution < -0.4 is 0 Å². The van der Waals surface area contributed by atoms with Crippen molar-refractivity contribution in [2.45, 2.75) is 38.4 Å². The molecule has 0 heterocycles. The standard InChI is InChI=1S/C7H17O2PSi/c1-4-6(3)7(11,5-2)10(8)9/h6H,4-5H2,1-3,11H3. The summed E-state index contributed by atoms with van der Waals surface area (Å²) >= 11 is 0. The maximum Gasteiger partial charge on any atom is 0.318 e. The van der Waals surface area contributed by atoms with Crippen molar-refractivity contribution >= 4 is 17.9 Å². The van der Waals surface area contributed by atoms with Gasteiger partial charge in [-0.25, -0.2) is 9.13 Å². The van der Waals surface area contributed by atoms with E-state index in [9.17, 15) is 9.13 Å². The molecule has 0 aromatic rings. The first-order chi connectivity index (χ1) is 4.99. The van der Waals surface area contributed by atoms with Gasteiger partial charge in [-0.1, -0.05) is 27.2 Å². The molecule has 0 spiro atoms. The summed E-state index contributed by atoms with van der Waals surface area (Å²) in [6.07, 6.45) is 1.73. The van der Waals surface area contributed by atoms with Gasteiger partial charge in [0, 0.05) is 10.2 Å². The molecule has 0 rings (SSSR count). The molecule has 0 radical (unpaired) electrons. The second kappa shape index (κ2) is 4.22. The van der Waals surface area contributed by atoms with Gasteiger partial charge in [0.1, 0.15) is 0 Å². The van der Waals surface area contributed by atoms with Gasteiger partial charge < -0.3 is 0 Å². The minimum absolute atomic E-state index is 0.320. The topological polar surface area (TPSA) is 34.1 Å². The zero-order chi connectivity index (χ0) is 9.07. The van der Waals surface area contributed by atoms with Crippen molar-refractivity contribution in [1.29, 1.82) is 0 Å². The van der Waals surface area contributed by atoms with Crippen molar-refractivity contribution in [2.24, 2.45) is 5.92 Å². The molecule has 0 aromatic carbocycles. The predicted molar refractivity (Wildman–Crippen MR) is 50.7 cm³/mol. The van der Waals surface area contributed by atoms with Gasteiger partial charge in [-0.3, -0.25) is 0 Å². The number of rotatable bonds is 4. The molecular formula is C7H17O2PSi. The Labute approximate surface area is 72.0 Å². The van der Waals surface area contributed by atoms with E-state index in [1.165, 1.54) is 0 Å². The molecule has 2 atom stereocenters. The molecule has 0 aliphatic rings. The molecule has 11 heavy (non-hydrogen) atoms. The molecule has 0 aliphatic carbocycles. The fraction of sp³-hybridized carbons (Fsp3) is 1.00. The van der Waals surface area contributed by atoms with E-state index >= 15 is 0 Å². The Balaban J connectivity index is 4.59. The van der Waals surface area contributed by atoms with Crippen molar-refractivity contribution in [3.63, 3.8) is 0 Å². The Hall–Kier alpha value is 0.117. The van der Waals surface area contributed by atoms with Crippen LogP contribution in [0.15, 0.2) is 0 Å². The van der Waals surface area contributed by atoms with E-state index in [1.54, 1.807) is 0 Å². The zero-order valence-corrected chi connectivity index (χ0v) is 10.6. The van der Waals surface area contributed by atoms with Crippen molar-refractivity contribution in [3.05, 3.63) is 0 Å². The molecule has 0 bridgehead atoms. The molecule has 4 heteroatoms. The molecule has 0 fully saturated rings. The smallest absolute Gasteiger partial charge is 0.237 e. The lowest BCUT2D eigenvalue weighted by Crippen LogP contribution is -2.30. The lowest BCUT2D eigenvalue weighted by atomic mass is 10.0. The fourth-order valence-corrected chi connectivity index (χ4v) is 2.31. The first kappa shape index (κ1) is 11.1. The maximum absolute atomic E-state index is 10.9. The molecule has 0 aliphatic heterocycles. The summed E-state index contributed by atoms with van der Waals surface area (Å²) in [5.41, 5.74) is 0. The van der Waals surface area contributed by atoms with Crippen LogP contribution in [-0.4, -0.2) is 15.0 Å². The van der Waals surface area contributed by atoms with Crippen molar-refractivity contribution in [1.82, 2.24) is 0 Å². The predicted octanol–water partition coefficient (Wildman–Crippen LogP) is 1.68. The lowest BCUT2D eigenvalue weighted by molar-refractivity contribution is 0.428. The Morgan fingerprint density at radius 3 is 2.00 bits per heavy atom. The first-order valence-corrected chi connectivity index (χ1v) is 6.31. The monoisotopic (exact) mass is 192 g/mol. The van der Waals surface area contributed by atoms with Crippen LogP contribution in [0.25, 0.3) is 0 Å². The van der Waals surface area contributed by atoms with Crippen molar-refractivity contribution in [2.75, 3.05) is 0 Å². The van der Waals surface area contributed by atoms with Gasteiger partial charge in [0.2, 0.25) is 0 Å². The normalized spacial score (nSPS) is 19.2. The third-order valence-electron chi connectivity index (χ3n) is 2.81. The van der Waals surface area contributed by atoms with Crippen LogP contribution in [0, 0.1) is 5.92 Å². The minimum Gasteiger partial charge on any atom is -0.237 e. The average molecular weight is 192 g/mol. The highest BCUT2D eigenvalue weighted by molar-refractivity contribution is 7.35. The molecule has 0 aromatic heterocycles.